The van der Waals surface area contributed by atoms with Crippen molar-refractivity contribution in [2.45, 2.75) is 52.0 Å². The van der Waals surface area contributed by atoms with Crippen molar-refractivity contribution in [3.8, 4) is 0 Å². The molecule has 8 nitrogen and oxygen atoms in total. The van der Waals surface area contributed by atoms with Gasteiger partial charge in [-0.15, -0.1) is 5.10 Å². The number of halogens is 1. The Kier molecular flexibility index (Phi) is 7.55. The third kappa shape index (κ3) is 5.86. The van der Waals surface area contributed by atoms with Crippen LogP contribution in [0.5, 0.6) is 0 Å². The van der Waals surface area contributed by atoms with Gasteiger partial charge in [-0.3, -0.25) is 4.79 Å². The number of carboxylic acids is 1. The Morgan fingerprint density at radius 2 is 2.10 bits per heavy atom. The molecule has 1 aliphatic heterocycles. The van der Waals surface area contributed by atoms with Gasteiger partial charge in [0, 0.05) is 25.8 Å². The minimum absolute atomic E-state index is 0.0704. The molecule has 1 fully saturated rings. The smallest absolute Gasteiger partial charge is 0.303 e. The molecule has 2 heterocycles. The second kappa shape index (κ2) is 10.1. The Bertz CT molecular complexity index is 851. The molecule has 2 aromatic rings. The summed E-state index contributed by atoms with van der Waals surface area (Å²) in [6.07, 6.45) is 2.01. The number of benzene rings is 1. The van der Waals surface area contributed by atoms with Crippen LogP contribution in [-0.2, 0) is 9.53 Å². The van der Waals surface area contributed by atoms with Crippen LogP contribution >= 0.6 is 11.6 Å². The number of carboxylic acid groups (broad SMARTS) is 1. The third-order valence-electron chi connectivity index (χ3n) is 5.28. The third-order valence-corrected chi connectivity index (χ3v) is 5.45. The number of aromatic amines is 1. The second-order valence-corrected chi connectivity index (χ2v) is 8.60. The zero-order valence-electron chi connectivity index (χ0n) is 17.7. The molecule has 164 valence electrons. The minimum atomic E-state index is -0.814. The lowest BCUT2D eigenvalue weighted by Crippen LogP contribution is -2.42. The number of nitrogens with one attached hydrogen (secondary N) is 2. The van der Waals surface area contributed by atoms with E-state index in [0.29, 0.717) is 17.9 Å². The quantitative estimate of drug-likeness (QED) is 0.535. The lowest BCUT2D eigenvalue weighted by Gasteiger charge is -2.38. The molecular weight excluding hydrogens is 406 g/mol. The number of aliphatic carboxylic acids is 1. The molecule has 1 unspecified atom stereocenters. The summed E-state index contributed by atoms with van der Waals surface area (Å²) in [5, 5.41) is 19.4. The fourth-order valence-corrected chi connectivity index (χ4v) is 3.97. The van der Waals surface area contributed by atoms with E-state index in [0.717, 1.165) is 49.5 Å². The van der Waals surface area contributed by atoms with E-state index in [1.54, 1.807) is 0 Å². The van der Waals surface area contributed by atoms with Crippen LogP contribution in [-0.4, -0.2) is 52.1 Å². The summed E-state index contributed by atoms with van der Waals surface area (Å²) < 4.78 is 5.57. The van der Waals surface area contributed by atoms with Gasteiger partial charge in [0.05, 0.1) is 17.8 Å². The van der Waals surface area contributed by atoms with Crippen LogP contribution in [0.1, 0.15) is 51.5 Å². The normalized spacial score (nSPS) is 15.9. The van der Waals surface area contributed by atoms with Crippen molar-refractivity contribution in [1.29, 1.82) is 0 Å². The van der Waals surface area contributed by atoms with E-state index in [9.17, 15) is 9.90 Å². The molecule has 1 aromatic heterocycles. The number of anilines is 3. The second-order valence-electron chi connectivity index (χ2n) is 8.24. The number of carbonyl (C=O) groups is 1. The Labute approximate surface area is 182 Å². The Morgan fingerprint density at radius 3 is 2.70 bits per heavy atom. The lowest BCUT2D eigenvalue weighted by atomic mass is 9.95. The molecule has 0 spiro atoms. The van der Waals surface area contributed by atoms with Gasteiger partial charge in [0.1, 0.15) is 0 Å². The maximum atomic E-state index is 11.2. The molecule has 1 aromatic carbocycles. The van der Waals surface area contributed by atoms with Crippen molar-refractivity contribution in [3.63, 3.8) is 0 Å². The van der Waals surface area contributed by atoms with Gasteiger partial charge < -0.3 is 20.1 Å². The fourth-order valence-electron chi connectivity index (χ4n) is 3.84. The summed E-state index contributed by atoms with van der Waals surface area (Å²) >= 11 is 5.90. The molecule has 3 N–H and O–H groups in total. The number of hydrogen-bond acceptors (Lipinski definition) is 6. The van der Waals surface area contributed by atoms with Gasteiger partial charge in [-0.2, -0.15) is 4.98 Å². The first kappa shape index (κ1) is 22.4. The first-order chi connectivity index (χ1) is 14.3. The van der Waals surface area contributed by atoms with Crippen molar-refractivity contribution in [2.24, 2.45) is 5.92 Å². The van der Waals surface area contributed by atoms with Crippen molar-refractivity contribution in [3.05, 3.63) is 29.0 Å². The molecule has 0 radical (unpaired) electrons. The van der Waals surface area contributed by atoms with Gasteiger partial charge in [0.25, 0.3) is 0 Å². The van der Waals surface area contributed by atoms with Gasteiger partial charge in [0.2, 0.25) is 11.2 Å². The largest absolute Gasteiger partial charge is 0.481 e. The number of aromatic nitrogens is 3. The first-order valence-electron chi connectivity index (χ1n) is 10.4. The van der Waals surface area contributed by atoms with Crippen molar-refractivity contribution < 1.29 is 14.6 Å². The highest BCUT2D eigenvalue weighted by atomic mass is 35.5. The summed E-state index contributed by atoms with van der Waals surface area (Å²) in [7, 11) is 0. The van der Waals surface area contributed by atoms with Crippen LogP contribution in [0.3, 0.4) is 0 Å². The molecule has 0 aliphatic carbocycles. The molecule has 0 bridgehead atoms. The zero-order valence-corrected chi connectivity index (χ0v) is 18.4. The van der Waals surface area contributed by atoms with Crippen LogP contribution in [0.2, 0.25) is 5.28 Å². The highest BCUT2D eigenvalue weighted by molar-refractivity contribution is 6.28. The predicted octanol–water partition coefficient (Wildman–Crippen LogP) is 4.42. The van der Waals surface area contributed by atoms with Gasteiger partial charge in [-0.1, -0.05) is 26.8 Å². The summed E-state index contributed by atoms with van der Waals surface area (Å²) in [6.45, 7) is 8.74. The number of hydrogen-bond donors (Lipinski definition) is 3. The fraction of sp³-hybridized carbons (Fsp3) is 0.571. The average Bonchev–Trinajstić information content (AvgIpc) is 3.11. The van der Waals surface area contributed by atoms with Gasteiger partial charge >= 0.3 is 5.97 Å². The maximum absolute atomic E-state index is 11.2. The molecule has 3 rings (SSSR count). The average molecular weight is 436 g/mol. The molecule has 1 saturated heterocycles. The van der Waals surface area contributed by atoms with E-state index in [-0.39, 0.29) is 17.6 Å². The monoisotopic (exact) mass is 435 g/mol. The van der Waals surface area contributed by atoms with E-state index < -0.39 is 5.97 Å². The molecule has 0 saturated carbocycles. The summed E-state index contributed by atoms with van der Waals surface area (Å²) in [5.41, 5.74) is 2.83. The SMILES string of the molecule is CC(C)CN(c1ccc(C(C)CC(=O)O)cc1Nc1n[nH]c(Cl)n1)C1CCOCC1. The highest BCUT2D eigenvalue weighted by Crippen LogP contribution is 2.35. The number of ether oxygens (including phenoxy) is 1. The molecule has 9 heteroatoms. The minimum Gasteiger partial charge on any atom is -0.481 e. The summed E-state index contributed by atoms with van der Waals surface area (Å²) in [6, 6.07) is 6.47. The van der Waals surface area contributed by atoms with E-state index in [1.165, 1.54) is 0 Å². The first-order valence-corrected chi connectivity index (χ1v) is 10.8. The highest BCUT2D eigenvalue weighted by Gasteiger charge is 2.25. The van der Waals surface area contributed by atoms with Crippen LogP contribution in [0.25, 0.3) is 0 Å². The number of nitrogens with zero attached hydrogens (tertiary/aromatic N) is 3. The Balaban J connectivity index is 1.99. The Hall–Kier alpha value is -2.32. The zero-order chi connectivity index (χ0) is 21.7. The van der Waals surface area contributed by atoms with Gasteiger partial charge in [-0.05, 0) is 54.0 Å². The standard InChI is InChI=1S/C21H30ClN5O3/c1-13(2)12-27(16-6-8-30-9-7-16)18-5-4-15(14(3)10-19(28)29)11-17(18)23-21-24-20(22)25-26-21/h4-5,11,13-14,16H,6-10,12H2,1-3H3,(H,28,29)(H2,23,24,25,26). The predicted molar refractivity (Wildman–Crippen MR) is 118 cm³/mol. The Morgan fingerprint density at radius 1 is 1.37 bits per heavy atom. The van der Waals surface area contributed by atoms with Crippen LogP contribution in [0, 0.1) is 5.92 Å². The lowest BCUT2D eigenvalue weighted by molar-refractivity contribution is -0.137. The maximum Gasteiger partial charge on any atom is 0.303 e. The van der Waals surface area contributed by atoms with E-state index in [4.69, 9.17) is 16.3 Å². The van der Waals surface area contributed by atoms with Crippen molar-refractivity contribution in [2.75, 3.05) is 30.0 Å². The molecule has 0 amide bonds. The van der Waals surface area contributed by atoms with Crippen molar-refractivity contribution in [1.82, 2.24) is 15.2 Å². The topological polar surface area (TPSA) is 103 Å². The number of H-pyrrole nitrogens is 1. The molecule has 1 aliphatic rings. The van der Waals surface area contributed by atoms with E-state index >= 15 is 0 Å². The van der Waals surface area contributed by atoms with E-state index in [1.807, 2.05) is 19.1 Å². The summed E-state index contributed by atoms with van der Waals surface area (Å²) in [5.74, 6) is -0.0787. The van der Waals surface area contributed by atoms with Crippen LogP contribution in [0.4, 0.5) is 17.3 Å². The van der Waals surface area contributed by atoms with Gasteiger partial charge in [0.15, 0.2) is 0 Å². The van der Waals surface area contributed by atoms with Gasteiger partial charge in [-0.25, -0.2) is 5.10 Å². The van der Waals surface area contributed by atoms with Crippen LogP contribution < -0.4 is 10.2 Å². The molecular formula is C21H30ClN5O3. The molecule has 1 atom stereocenters. The van der Waals surface area contributed by atoms with Crippen LogP contribution in [0.15, 0.2) is 18.2 Å². The van der Waals surface area contributed by atoms with E-state index in [2.05, 4.69) is 45.3 Å². The number of rotatable bonds is 9. The summed E-state index contributed by atoms with van der Waals surface area (Å²) in [4.78, 5) is 17.8. The van der Waals surface area contributed by atoms with Crippen molar-refractivity contribution >= 4 is 34.9 Å². The molecule has 30 heavy (non-hydrogen) atoms.